The molecule has 12 heteroatoms. The smallest absolute Gasteiger partial charge is 0.335 e. The van der Waals surface area contributed by atoms with Gasteiger partial charge in [0.1, 0.15) is 24.2 Å². The Bertz CT molecular complexity index is 1600. The Morgan fingerprint density at radius 3 is 2.65 bits per heavy atom. The molecule has 1 fully saturated rings. The Hall–Kier alpha value is -3.96. The van der Waals surface area contributed by atoms with Crippen LogP contribution >= 0.6 is 35.4 Å². The Morgan fingerprint density at radius 1 is 1.12 bits per heavy atom. The van der Waals surface area contributed by atoms with Crippen LogP contribution in [-0.4, -0.2) is 40.8 Å². The molecular weight excluding hydrogens is 575 g/mol. The number of benzene rings is 2. The normalized spacial score (nSPS) is 16.6. The molecule has 0 radical (unpaired) electrons. The Balaban J connectivity index is 1.56. The third kappa shape index (κ3) is 5.52. The monoisotopic (exact) mass is 596 g/mol. The zero-order chi connectivity index (χ0) is 28.4. The van der Waals surface area contributed by atoms with Gasteiger partial charge in [-0.25, -0.2) is 4.79 Å². The van der Waals surface area contributed by atoms with Crippen molar-refractivity contribution in [3.05, 3.63) is 100.0 Å². The lowest BCUT2D eigenvalue weighted by Crippen LogP contribution is -2.29. The molecule has 1 aliphatic heterocycles. The fourth-order valence-electron chi connectivity index (χ4n) is 4.50. The van der Waals surface area contributed by atoms with Gasteiger partial charge in [-0.3, -0.25) is 9.78 Å². The second-order valence-electron chi connectivity index (χ2n) is 8.84. The van der Waals surface area contributed by atoms with E-state index in [2.05, 4.69) is 15.6 Å². The zero-order valence-corrected chi connectivity index (χ0v) is 23.3. The number of aromatic nitrogens is 1. The van der Waals surface area contributed by atoms with E-state index in [1.807, 2.05) is 23.1 Å². The second-order valence-corrected chi connectivity index (χ2v) is 10.0. The molecule has 2 atom stereocenters. The Morgan fingerprint density at radius 2 is 1.95 bits per heavy atom. The van der Waals surface area contributed by atoms with E-state index in [0.29, 0.717) is 43.6 Å². The molecule has 1 amide bonds. The number of pyridine rings is 1. The first-order chi connectivity index (χ1) is 19.3. The summed E-state index contributed by atoms with van der Waals surface area (Å²) in [6.45, 7) is -0.105. The quantitative estimate of drug-likeness (QED) is 0.207. The molecule has 4 aromatic rings. The molecule has 0 aliphatic carbocycles. The van der Waals surface area contributed by atoms with E-state index in [-0.39, 0.29) is 18.1 Å². The lowest BCUT2D eigenvalue weighted by molar-refractivity contribution is -0.119. The molecule has 3 heterocycles. The van der Waals surface area contributed by atoms with Gasteiger partial charge < -0.3 is 29.8 Å². The average molecular weight is 597 g/mol. The summed E-state index contributed by atoms with van der Waals surface area (Å²) < 4.78 is 11.2. The van der Waals surface area contributed by atoms with Crippen LogP contribution in [0.4, 0.5) is 11.4 Å². The minimum absolute atomic E-state index is 0.0846. The summed E-state index contributed by atoms with van der Waals surface area (Å²) in [5.74, 6) is -0.481. The van der Waals surface area contributed by atoms with Crippen molar-refractivity contribution in [2.24, 2.45) is 0 Å². The van der Waals surface area contributed by atoms with Gasteiger partial charge >= 0.3 is 5.97 Å². The number of hydrogen-bond acceptors (Lipinski definition) is 6. The van der Waals surface area contributed by atoms with Crippen molar-refractivity contribution in [1.82, 2.24) is 10.3 Å². The van der Waals surface area contributed by atoms with Crippen LogP contribution in [-0.2, 0) is 9.53 Å². The van der Waals surface area contributed by atoms with Crippen molar-refractivity contribution in [3.63, 3.8) is 0 Å². The molecular formula is C28H22Cl2N4O5S. The first-order valence-corrected chi connectivity index (χ1v) is 13.1. The number of rotatable bonds is 8. The highest BCUT2D eigenvalue weighted by atomic mass is 35.5. The highest BCUT2D eigenvalue weighted by Gasteiger charge is 2.42. The van der Waals surface area contributed by atoms with E-state index in [1.165, 1.54) is 25.3 Å². The minimum atomic E-state index is -1.07. The van der Waals surface area contributed by atoms with Gasteiger partial charge in [-0.15, -0.1) is 0 Å². The molecule has 3 N–H and O–H groups in total. The first-order valence-electron chi connectivity index (χ1n) is 12.0. The number of nitrogens with zero attached hydrogens (tertiary/aromatic N) is 2. The van der Waals surface area contributed by atoms with E-state index >= 15 is 0 Å². The van der Waals surface area contributed by atoms with E-state index in [0.717, 1.165) is 5.69 Å². The Labute approximate surface area is 244 Å². The maximum absolute atomic E-state index is 12.0. The van der Waals surface area contributed by atoms with E-state index in [1.54, 1.807) is 36.5 Å². The van der Waals surface area contributed by atoms with Gasteiger partial charge in [-0.05, 0) is 72.9 Å². The fraction of sp³-hybridized carbons (Fsp3) is 0.143. The molecule has 40 heavy (non-hydrogen) atoms. The summed E-state index contributed by atoms with van der Waals surface area (Å²) in [5.41, 5.74) is 2.34. The maximum Gasteiger partial charge on any atom is 0.335 e. The van der Waals surface area contributed by atoms with Crippen molar-refractivity contribution in [2.75, 3.05) is 23.9 Å². The standard InChI is InChI=1S/C28H22Cl2N4O5S/c1-38-14-24(35)32-20-8-6-16(13-19(20)30)34-26(25(33-28(34)40)21-4-2-3-11-31-21)23-10-9-22(39-23)17-12-15(27(36)37)5-7-18(17)29/h2-13,25-26H,14H2,1H3,(H,32,35)(H,33,40)(H,36,37)/t25-,26+/m0/s1. The number of aromatic carboxylic acids is 1. The van der Waals surface area contributed by atoms with Crippen molar-refractivity contribution in [3.8, 4) is 11.3 Å². The van der Waals surface area contributed by atoms with Crippen LogP contribution in [0.1, 0.15) is 33.9 Å². The predicted octanol–water partition coefficient (Wildman–Crippen LogP) is 6.11. The highest BCUT2D eigenvalue weighted by Crippen LogP contribution is 2.44. The zero-order valence-electron chi connectivity index (χ0n) is 20.9. The molecule has 0 bridgehead atoms. The number of methoxy groups -OCH3 is 1. The lowest BCUT2D eigenvalue weighted by atomic mass is 10.0. The number of carboxylic acids is 1. The van der Waals surface area contributed by atoms with Gasteiger partial charge in [0.15, 0.2) is 5.11 Å². The fourth-order valence-corrected chi connectivity index (χ4v) is 5.28. The maximum atomic E-state index is 12.0. The number of furan rings is 1. The van der Waals surface area contributed by atoms with Crippen molar-refractivity contribution in [1.29, 1.82) is 0 Å². The topological polar surface area (TPSA) is 117 Å². The van der Waals surface area contributed by atoms with Crippen LogP contribution in [0.5, 0.6) is 0 Å². The summed E-state index contributed by atoms with van der Waals surface area (Å²) >= 11 is 18.7. The molecule has 9 nitrogen and oxygen atoms in total. The van der Waals surface area contributed by atoms with Crippen LogP contribution in [0, 0.1) is 0 Å². The van der Waals surface area contributed by atoms with Crippen LogP contribution in [0.15, 0.2) is 77.3 Å². The van der Waals surface area contributed by atoms with Crippen molar-refractivity contribution < 1.29 is 23.8 Å². The number of ether oxygens (including phenoxy) is 1. The van der Waals surface area contributed by atoms with Gasteiger partial charge in [0, 0.05) is 24.6 Å². The van der Waals surface area contributed by atoms with Crippen LogP contribution in [0.3, 0.4) is 0 Å². The first kappa shape index (κ1) is 27.6. The summed E-state index contributed by atoms with van der Waals surface area (Å²) in [5, 5.41) is 16.6. The number of thiocarbonyl (C=S) groups is 1. The summed E-state index contributed by atoms with van der Waals surface area (Å²) in [7, 11) is 1.43. The third-order valence-corrected chi connectivity index (χ3v) is 7.23. The number of carboxylic acid groups (broad SMARTS) is 1. The van der Waals surface area contributed by atoms with Crippen LogP contribution < -0.4 is 15.5 Å². The number of anilines is 2. The number of carbonyl (C=O) groups is 2. The third-order valence-electron chi connectivity index (χ3n) is 6.28. The van der Waals surface area contributed by atoms with Crippen molar-refractivity contribution >= 4 is 63.8 Å². The van der Waals surface area contributed by atoms with Crippen LogP contribution in [0.25, 0.3) is 11.3 Å². The summed E-state index contributed by atoms with van der Waals surface area (Å²) in [6, 6.07) is 17.8. The largest absolute Gasteiger partial charge is 0.478 e. The molecule has 0 saturated carbocycles. The molecule has 5 rings (SSSR count). The number of amides is 1. The van der Waals surface area contributed by atoms with Gasteiger partial charge in [-0.2, -0.15) is 0 Å². The number of nitrogens with one attached hydrogen (secondary N) is 2. The number of carbonyl (C=O) groups excluding carboxylic acids is 1. The number of hydrogen-bond donors (Lipinski definition) is 3. The van der Waals surface area contributed by atoms with Crippen molar-refractivity contribution in [2.45, 2.75) is 12.1 Å². The van der Waals surface area contributed by atoms with E-state index in [9.17, 15) is 14.7 Å². The average Bonchev–Trinajstić information content (AvgIpc) is 3.55. The molecule has 0 unspecified atom stereocenters. The van der Waals surface area contributed by atoms with Gasteiger partial charge in [0.05, 0.1) is 33.0 Å². The van der Waals surface area contributed by atoms with E-state index < -0.39 is 18.1 Å². The van der Waals surface area contributed by atoms with E-state index in [4.69, 9.17) is 44.6 Å². The predicted molar refractivity (Wildman–Crippen MR) is 156 cm³/mol. The molecule has 2 aromatic carbocycles. The molecule has 204 valence electrons. The minimum Gasteiger partial charge on any atom is -0.478 e. The second kappa shape index (κ2) is 11.6. The number of halogens is 2. The van der Waals surface area contributed by atoms with Crippen LogP contribution in [0.2, 0.25) is 10.0 Å². The highest BCUT2D eigenvalue weighted by molar-refractivity contribution is 7.80. The van der Waals surface area contributed by atoms with Gasteiger partial charge in [0.2, 0.25) is 5.91 Å². The van der Waals surface area contributed by atoms with Gasteiger partial charge in [0.25, 0.3) is 0 Å². The summed E-state index contributed by atoms with van der Waals surface area (Å²) in [6.07, 6.45) is 1.69. The molecule has 0 spiro atoms. The summed E-state index contributed by atoms with van der Waals surface area (Å²) in [4.78, 5) is 29.9. The van der Waals surface area contributed by atoms with Gasteiger partial charge in [-0.1, -0.05) is 29.3 Å². The lowest BCUT2D eigenvalue weighted by Gasteiger charge is -2.26. The molecule has 1 saturated heterocycles. The molecule has 2 aromatic heterocycles. The Kier molecular flexibility index (Phi) is 8.04. The molecule has 1 aliphatic rings. The SMILES string of the molecule is COCC(=O)Nc1ccc(N2C(=S)N[C@@H](c3ccccn3)[C@H]2c2ccc(-c3cc(C(=O)O)ccc3Cl)o2)cc1Cl.